The van der Waals surface area contributed by atoms with Crippen molar-refractivity contribution >= 4 is 27.4 Å². The molecule has 0 aliphatic carbocycles. The molecule has 1 aromatic heterocycles. The van der Waals surface area contributed by atoms with Gasteiger partial charge < -0.3 is 5.11 Å². The van der Waals surface area contributed by atoms with E-state index in [1.807, 2.05) is 0 Å². The van der Waals surface area contributed by atoms with Crippen LogP contribution in [0.25, 0.3) is 10.1 Å². The molecule has 5 heteroatoms. The van der Waals surface area contributed by atoms with Crippen LogP contribution in [0.4, 0.5) is 8.78 Å². The lowest BCUT2D eigenvalue weighted by atomic mass is 10.1. The van der Waals surface area contributed by atoms with Gasteiger partial charge in [-0.25, -0.2) is 8.78 Å². The van der Waals surface area contributed by atoms with Crippen molar-refractivity contribution in [3.63, 3.8) is 0 Å². The predicted octanol–water partition coefficient (Wildman–Crippen LogP) is 2.81. The molecule has 0 aliphatic heterocycles. The van der Waals surface area contributed by atoms with Crippen LogP contribution in [0.15, 0.2) is 17.5 Å². The van der Waals surface area contributed by atoms with Gasteiger partial charge in [0.15, 0.2) is 11.6 Å². The molecule has 0 atom stereocenters. The molecule has 1 N–H and O–H groups in total. The quantitative estimate of drug-likeness (QED) is 0.858. The average molecular weight is 228 g/mol. The van der Waals surface area contributed by atoms with Gasteiger partial charge in [0.2, 0.25) is 0 Å². The fraction of sp³-hybridized carbons (Fsp3) is 0.100. The molecule has 0 fully saturated rings. The molecular formula is C10H6F2O2S. The molecule has 2 aromatic rings. The third kappa shape index (κ3) is 1.83. The fourth-order valence-corrected chi connectivity index (χ4v) is 2.34. The minimum Gasteiger partial charge on any atom is -0.481 e. The van der Waals surface area contributed by atoms with Crippen molar-refractivity contribution in [1.82, 2.24) is 0 Å². The molecule has 0 radical (unpaired) electrons. The maximum atomic E-state index is 12.9. The summed E-state index contributed by atoms with van der Waals surface area (Å²) in [4.78, 5) is 10.5. The first-order valence-corrected chi connectivity index (χ1v) is 5.03. The maximum absolute atomic E-state index is 12.9. The van der Waals surface area contributed by atoms with Crippen molar-refractivity contribution in [3.8, 4) is 0 Å². The second-order valence-corrected chi connectivity index (χ2v) is 4.01. The van der Waals surface area contributed by atoms with Gasteiger partial charge in [0.1, 0.15) is 0 Å². The van der Waals surface area contributed by atoms with Crippen molar-refractivity contribution < 1.29 is 18.7 Å². The molecule has 0 unspecified atom stereocenters. The number of aliphatic carboxylic acids is 1. The Morgan fingerprint density at radius 2 is 2.00 bits per heavy atom. The Balaban J connectivity index is 2.59. The average Bonchev–Trinajstić information content (AvgIpc) is 2.49. The summed E-state index contributed by atoms with van der Waals surface area (Å²) in [6, 6.07) is 2.13. The van der Waals surface area contributed by atoms with E-state index < -0.39 is 17.6 Å². The van der Waals surface area contributed by atoms with Gasteiger partial charge in [-0.15, -0.1) is 11.3 Å². The highest BCUT2D eigenvalue weighted by Crippen LogP contribution is 2.28. The van der Waals surface area contributed by atoms with Crippen LogP contribution in [0.2, 0.25) is 0 Å². The highest BCUT2D eigenvalue weighted by molar-refractivity contribution is 7.17. The second kappa shape index (κ2) is 3.58. The molecule has 0 saturated heterocycles. The van der Waals surface area contributed by atoms with Crippen LogP contribution in [0.3, 0.4) is 0 Å². The molecule has 1 aromatic carbocycles. The Labute approximate surface area is 87.8 Å². The molecular weight excluding hydrogens is 222 g/mol. The zero-order chi connectivity index (χ0) is 11.0. The van der Waals surface area contributed by atoms with Crippen LogP contribution in [0, 0.1) is 11.6 Å². The molecule has 0 aliphatic rings. The van der Waals surface area contributed by atoms with Gasteiger partial charge in [0.25, 0.3) is 0 Å². The van der Waals surface area contributed by atoms with E-state index in [0.717, 1.165) is 12.1 Å². The predicted molar refractivity (Wildman–Crippen MR) is 53.1 cm³/mol. The second-order valence-electron chi connectivity index (χ2n) is 3.09. The van der Waals surface area contributed by atoms with E-state index in [0.29, 0.717) is 15.6 Å². The smallest absolute Gasteiger partial charge is 0.307 e. The SMILES string of the molecule is O=C(O)Cc1csc2cc(F)c(F)cc12. The maximum Gasteiger partial charge on any atom is 0.307 e. The number of hydrogen-bond acceptors (Lipinski definition) is 2. The van der Waals surface area contributed by atoms with Gasteiger partial charge in [-0.2, -0.15) is 0 Å². The molecule has 0 saturated carbocycles. The summed E-state index contributed by atoms with van der Waals surface area (Å²) in [7, 11) is 0. The van der Waals surface area contributed by atoms with Crippen LogP contribution >= 0.6 is 11.3 Å². The Kier molecular flexibility index (Phi) is 2.40. The summed E-state index contributed by atoms with van der Waals surface area (Å²) >= 11 is 1.21. The summed E-state index contributed by atoms with van der Waals surface area (Å²) < 4.78 is 26.3. The Morgan fingerprint density at radius 1 is 1.33 bits per heavy atom. The number of thiophene rings is 1. The molecule has 78 valence electrons. The van der Waals surface area contributed by atoms with Crippen molar-refractivity contribution in [1.29, 1.82) is 0 Å². The number of carbonyl (C=O) groups is 1. The van der Waals surface area contributed by atoms with Crippen molar-refractivity contribution in [3.05, 3.63) is 34.7 Å². The van der Waals surface area contributed by atoms with Crippen molar-refractivity contribution in [2.45, 2.75) is 6.42 Å². The minimum absolute atomic E-state index is 0.176. The molecule has 0 spiro atoms. The number of carboxylic acids is 1. The molecule has 2 rings (SSSR count). The van der Waals surface area contributed by atoms with Crippen LogP contribution < -0.4 is 0 Å². The first-order chi connectivity index (χ1) is 7.08. The van der Waals surface area contributed by atoms with E-state index >= 15 is 0 Å². The van der Waals surface area contributed by atoms with Crippen LogP contribution in [0.1, 0.15) is 5.56 Å². The van der Waals surface area contributed by atoms with Gasteiger partial charge in [-0.1, -0.05) is 0 Å². The largest absolute Gasteiger partial charge is 0.481 e. The lowest BCUT2D eigenvalue weighted by Crippen LogP contribution is -1.98. The zero-order valence-electron chi connectivity index (χ0n) is 7.46. The van der Waals surface area contributed by atoms with Gasteiger partial charge in [0, 0.05) is 4.70 Å². The van der Waals surface area contributed by atoms with E-state index in [4.69, 9.17) is 5.11 Å². The van der Waals surface area contributed by atoms with E-state index in [2.05, 4.69) is 0 Å². The molecule has 0 amide bonds. The Hall–Kier alpha value is -1.49. The van der Waals surface area contributed by atoms with E-state index in [1.165, 1.54) is 11.3 Å². The highest BCUT2D eigenvalue weighted by atomic mass is 32.1. The highest BCUT2D eigenvalue weighted by Gasteiger charge is 2.11. The fourth-order valence-electron chi connectivity index (χ4n) is 1.37. The van der Waals surface area contributed by atoms with Crippen molar-refractivity contribution in [2.75, 3.05) is 0 Å². The molecule has 0 bridgehead atoms. The van der Waals surface area contributed by atoms with Gasteiger partial charge >= 0.3 is 5.97 Å². The normalized spacial score (nSPS) is 10.8. The molecule has 15 heavy (non-hydrogen) atoms. The zero-order valence-corrected chi connectivity index (χ0v) is 8.28. The van der Waals surface area contributed by atoms with Gasteiger partial charge in [-0.3, -0.25) is 4.79 Å². The summed E-state index contributed by atoms with van der Waals surface area (Å²) in [6.45, 7) is 0. The number of halogens is 2. The number of rotatable bonds is 2. The molecule has 1 heterocycles. The molecule has 2 nitrogen and oxygen atoms in total. The number of benzene rings is 1. The first-order valence-electron chi connectivity index (χ1n) is 4.15. The van der Waals surface area contributed by atoms with Crippen LogP contribution in [0.5, 0.6) is 0 Å². The summed E-state index contributed by atoms with van der Waals surface area (Å²) in [5.41, 5.74) is 0.515. The van der Waals surface area contributed by atoms with E-state index in [1.54, 1.807) is 5.38 Å². The van der Waals surface area contributed by atoms with Crippen LogP contribution in [-0.2, 0) is 11.2 Å². The summed E-state index contributed by atoms with van der Waals surface area (Å²) in [6.07, 6.45) is -0.176. The third-order valence-corrected chi connectivity index (χ3v) is 3.03. The monoisotopic (exact) mass is 228 g/mol. The number of hydrogen-bond donors (Lipinski definition) is 1. The Bertz CT molecular complexity index is 533. The first kappa shape index (κ1) is 10.0. The standard InChI is InChI=1S/C10H6F2O2S/c11-7-2-6-5(1-10(13)14)4-15-9(6)3-8(7)12/h2-4H,1H2,(H,13,14). The Morgan fingerprint density at radius 3 is 2.67 bits per heavy atom. The minimum atomic E-state index is -0.987. The summed E-state index contributed by atoms with van der Waals surface area (Å²) in [5.74, 6) is -2.85. The van der Waals surface area contributed by atoms with Gasteiger partial charge in [0.05, 0.1) is 6.42 Å². The lowest BCUT2D eigenvalue weighted by Gasteiger charge is -1.96. The van der Waals surface area contributed by atoms with E-state index in [9.17, 15) is 13.6 Å². The third-order valence-electron chi connectivity index (χ3n) is 2.04. The summed E-state index contributed by atoms with van der Waals surface area (Å²) in [5, 5.41) is 10.7. The van der Waals surface area contributed by atoms with Crippen LogP contribution in [-0.4, -0.2) is 11.1 Å². The van der Waals surface area contributed by atoms with E-state index in [-0.39, 0.29) is 6.42 Å². The number of carboxylic acid groups (broad SMARTS) is 1. The topological polar surface area (TPSA) is 37.3 Å². The number of fused-ring (bicyclic) bond motifs is 1. The van der Waals surface area contributed by atoms with Gasteiger partial charge in [-0.05, 0) is 28.5 Å². The lowest BCUT2D eigenvalue weighted by molar-refractivity contribution is -0.136. The van der Waals surface area contributed by atoms with Crippen molar-refractivity contribution in [2.24, 2.45) is 0 Å².